The van der Waals surface area contributed by atoms with Crippen LogP contribution in [-0.4, -0.2) is 12.2 Å². The molecule has 78 valence electrons. The first-order chi connectivity index (χ1) is 6.56. The number of halogens is 2. The molecule has 14 heavy (non-hydrogen) atoms. The zero-order chi connectivity index (χ0) is 10.7. The van der Waals surface area contributed by atoms with Crippen LogP contribution in [0.1, 0.15) is 24.2 Å². The summed E-state index contributed by atoms with van der Waals surface area (Å²) in [6.07, 6.45) is -0.724. The summed E-state index contributed by atoms with van der Waals surface area (Å²) in [6.45, 7) is 1.69. The van der Waals surface area contributed by atoms with Gasteiger partial charge >= 0.3 is 0 Å². The van der Waals surface area contributed by atoms with E-state index in [0.717, 1.165) is 0 Å². The second-order valence-corrected chi connectivity index (χ2v) is 3.48. The molecule has 0 aliphatic heterocycles. The van der Waals surface area contributed by atoms with Crippen LogP contribution in [0.4, 0.5) is 4.39 Å². The average molecular weight is 219 g/mol. The Morgan fingerprint density at radius 3 is 2.64 bits per heavy atom. The normalized spacial score (nSPS) is 12.9. The van der Waals surface area contributed by atoms with E-state index in [2.05, 4.69) is 0 Å². The Morgan fingerprint density at radius 2 is 2.21 bits per heavy atom. The topological polar surface area (TPSA) is 29.5 Å². The maximum Gasteiger partial charge on any atom is 0.130 e. The fourth-order valence-electron chi connectivity index (χ4n) is 1.15. The molecule has 0 aliphatic rings. The van der Waals surface area contributed by atoms with Crippen LogP contribution in [0.3, 0.4) is 0 Å². The van der Waals surface area contributed by atoms with Crippen LogP contribution in [-0.2, 0) is 11.3 Å². The van der Waals surface area contributed by atoms with E-state index in [1.54, 1.807) is 13.0 Å². The van der Waals surface area contributed by atoms with Crippen molar-refractivity contribution in [1.29, 1.82) is 0 Å². The van der Waals surface area contributed by atoms with Gasteiger partial charge in [0, 0.05) is 17.7 Å². The maximum atomic E-state index is 13.4. The summed E-state index contributed by atoms with van der Waals surface area (Å²) in [6, 6.07) is 2.81. The zero-order valence-corrected chi connectivity index (χ0v) is 8.81. The monoisotopic (exact) mass is 218 g/mol. The molecule has 1 aromatic carbocycles. The first-order valence-electron chi connectivity index (χ1n) is 4.21. The number of aliphatic hydroxyl groups is 1. The Kier molecular flexibility index (Phi) is 3.86. The SMILES string of the molecule is COCc1c(F)cc(C(C)O)cc1Cl. The second-order valence-electron chi connectivity index (χ2n) is 3.07. The van der Waals surface area contributed by atoms with Crippen LogP contribution in [0.15, 0.2) is 12.1 Å². The lowest BCUT2D eigenvalue weighted by atomic mass is 10.1. The highest BCUT2D eigenvalue weighted by molar-refractivity contribution is 6.31. The van der Waals surface area contributed by atoms with Gasteiger partial charge in [-0.2, -0.15) is 0 Å². The molecule has 2 nitrogen and oxygen atoms in total. The molecule has 0 aromatic heterocycles. The van der Waals surface area contributed by atoms with Gasteiger partial charge in [-0.05, 0) is 24.6 Å². The molecule has 0 amide bonds. The van der Waals surface area contributed by atoms with Gasteiger partial charge in [-0.1, -0.05) is 11.6 Å². The van der Waals surface area contributed by atoms with Gasteiger partial charge in [0.2, 0.25) is 0 Å². The highest BCUT2D eigenvalue weighted by atomic mass is 35.5. The Labute approximate surface area is 87.3 Å². The van der Waals surface area contributed by atoms with E-state index in [1.165, 1.54) is 13.2 Å². The van der Waals surface area contributed by atoms with Crippen LogP contribution in [0, 0.1) is 5.82 Å². The Morgan fingerprint density at radius 1 is 1.57 bits per heavy atom. The van der Waals surface area contributed by atoms with E-state index in [0.29, 0.717) is 11.1 Å². The average Bonchev–Trinajstić information content (AvgIpc) is 2.10. The second kappa shape index (κ2) is 4.73. The number of hydrogen-bond acceptors (Lipinski definition) is 2. The third-order valence-electron chi connectivity index (χ3n) is 1.93. The molecule has 0 fully saturated rings. The number of hydrogen-bond donors (Lipinski definition) is 1. The van der Waals surface area contributed by atoms with Crippen LogP contribution >= 0.6 is 11.6 Å². The summed E-state index contributed by atoms with van der Waals surface area (Å²) >= 11 is 5.83. The summed E-state index contributed by atoms with van der Waals surface area (Å²) in [5, 5.41) is 9.52. The predicted octanol–water partition coefficient (Wildman–Crippen LogP) is 2.68. The summed E-state index contributed by atoms with van der Waals surface area (Å²) in [5.74, 6) is -0.449. The molecule has 0 radical (unpaired) electrons. The van der Waals surface area contributed by atoms with Crippen molar-refractivity contribution in [3.63, 3.8) is 0 Å². The lowest BCUT2D eigenvalue weighted by Crippen LogP contribution is -1.99. The van der Waals surface area contributed by atoms with Gasteiger partial charge in [0.1, 0.15) is 5.82 Å². The Balaban J connectivity index is 3.11. The molecule has 0 saturated carbocycles. The van der Waals surface area contributed by atoms with Gasteiger partial charge in [-0.15, -0.1) is 0 Å². The molecule has 4 heteroatoms. The molecule has 0 aliphatic carbocycles. The molecule has 1 unspecified atom stereocenters. The first kappa shape index (κ1) is 11.4. The Hall–Kier alpha value is -0.640. The van der Waals surface area contributed by atoms with Gasteiger partial charge in [0.15, 0.2) is 0 Å². The van der Waals surface area contributed by atoms with Crippen LogP contribution in [0.25, 0.3) is 0 Å². The molecule has 1 rings (SSSR count). The van der Waals surface area contributed by atoms with E-state index in [4.69, 9.17) is 16.3 Å². The van der Waals surface area contributed by atoms with Crippen molar-refractivity contribution < 1.29 is 14.2 Å². The van der Waals surface area contributed by atoms with Gasteiger partial charge < -0.3 is 9.84 Å². The summed E-state index contributed by atoms with van der Waals surface area (Å²) in [7, 11) is 1.47. The fourth-order valence-corrected chi connectivity index (χ4v) is 1.42. The lowest BCUT2D eigenvalue weighted by Gasteiger charge is -2.09. The van der Waals surface area contributed by atoms with E-state index in [1.807, 2.05) is 0 Å². The molecule has 1 atom stereocenters. The number of ether oxygens (including phenoxy) is 1. The summed E-state index contributed by atoms with van der Waals surface area (Å²) < 4.78 is 18.2. The minimum atomic E-state index is -0.724. The van der Waals surface area contributed by atoms with Gasteiger partial charge in [0.05, 0.1) is 12.7 Å². The summed E-state index contributed by atoms with van der Waals surface area (Å²) in [4.78, 5) is 0. The molecule has 0 bridgehead atoms. The largest absolute Gasteiger partial charge is 0.389 e. The molecule has 1 N–H and O–H groups in total. The van der Waals surface area contributed by atoms with Crippen molar-refractivity contribution >= 4 is 11.6 Å². The molecule has 0 heterocycles. The molecular formula is C10H12ClFO2. The van der Waals surface area contributed by atoms with Crippen molar-refractivity contribution in [2.75, 3.05) is 7.11 Å². The Bertz CT molecular complexity index is 303. The van der Waals surface area contributed by atoms with Crippen molar-refractivity contribution in [3.8, 4) is 0 Å². The van der Waals surface area contributed by atoms with E-state index in [-0.39, 0.29) is 11.6 Å². The van der Waals surface area contributed by atoms with Gasteiger partial charge in [-0.25, -0.2) is 4.39 Å². The smallest absolute Gasteiger partial charge is 0.130 e. The number of aliphatic hydroxyl groups excluding tert-OH is 1. The molecule has 0 spiro atoms. The number of rotatable bonds is 3. The quantitative estimate of drug-likeness (QED) is 0.845. The minimum Gasteiger partial charge on any atom is -0.389 e. The standard InChI is InChI=1S/C10H12ClFO2/c1-6(13)7-3-9(11)8(5-14-2)10(12)4-7/h3-4,6,13H,5H2,1-2H3. The predicted molar refractivity (Wildman–Crippen MR) is 52.8 cm³/mol. The van der Waals surface area contributed by atoms with Gasteiger partial charge in [0.25, 0.3) is 0 Å². The number of benzene rings is 1. The highest BCUT2D eigenvalue weighted by Crippen LogP contribution is 2.25. The number of methoxy groups -OCH3 is 1. The maximum absolute atomic E-state index is 13.4. The van der Waals surface area contributed by atoms with Crippen LogP contribution < -0.4 is 0 Å². The fraction of sp³-hybridized carbons (Fsp3) is 0.400. The highest BCUT2D eigenvalue weighted by Gasteiger charge is 2.11. The van der Waals surface area contributed by atoms with Crippen LogP contribution in [0.5, 0.6) is 0 Å². The van der Waals surface area contributed by atoms with E-state index >= 15 is 0 Å². The lowest BCUT2D eigenvalue weighted by molar-refractivity contribution is 0.180. The zero-order valence-electron chi connectivity index (χ0n) is 8.05. The molecular weight excluding hydrogens is 207 g/mol. The minimum absolute atomic E-state index is 0.130. The van der Waals surface area contributed by atoms with Crippen molar-refractivity contribution in [2.24, 2.45) is 0 Å². The molecule has 0 saturated heterocycles. The van der Waals surface area contributed by atoms with Crippen molar-refractivity contribution in [2.45, 2.75) is 19.6 Å². The van der Waals surface area contributed by atoms with E-state index in [9.17, 15) is 9.50 Å². The molecule has 1 aromatic rings. The third-order valence-corrected chi connectivity index (χ3v) is 2.27. The van der Waals surface area contributed by atoms with Gasteiger partial charge in [-0.3, -0.25) is 0 Å². The third kappa shape index (κ3) is 2.44. The van der Waals surface area contributed by atoms with Crippen molar-refractivity contribution in [1.82, 2.24) is 0 Å². The van der Waals surface area contributed by atoms with Crippen molar-refractivity contribution in [3.05, 3.63) is 34.1 Å². The first-order valence-corrected chi connectivity index (χ1v) is 4.59. The van der Waals surface area contributed by atoms with E-state index < -0.39 is 11.9 Å². The summed E-state index contributed by atoms with van der Waals surface area (Å²) in [5.41, 5.74) is 0.783. The van der Waals surface area contributed by atoms with Crippen LogP contribution in [0.2, 0.25) is 5.02 Å².